The lowest BCUT2D eigenvalue weighted by atomic mass is 10.1. The van der Waals surface area contributed by atoms with Crippen LogP contribution in [-0.2, 0) is 17.8 Å². The molecule has 21 heavy (non-hydrogen) atoms. The second-order valence-electron chi connectivity index (χ2n) is 5.41. The first kappa shape index (κ1) is 14.3. The predicted octanol–water partition coefficient (Wildman–Crippen LogP) is 0.944. The Morgan fingerprint density at radius 1 is 1.57 bits per heavy atom. The zero-order chi connectivity index (χ0) is 14.8. The quantitative estimate of drug-likeness (QED) is 0.875. The van der Waals surface area contributed by atoms with Crippen LogP contribution < -0.4 is 10.1 Å². The maximum atomic E-state index is 12.2. The molecule has 6 heteroatoms. The largest absolute Gasteiger partial charge is 0.481 e. The van der Waals surface area contributed by atoms with Gasteiger partial charge in [0.2, 0.25) is 5.88 Å². The zero-order valence-corrected chi connectivity index (χ0v) is 12.5. The fourth-order valence-electron chi connectivity index (χ4n) is 2.81. The van der Waals surface area contributed by atoms with Gasteiger partial charge in [-0.05, 0) is 19.4 Å². The van der Waals surface area contributed by atoms with Crippen molar-refractivity contribution in [3.8, 4) is 5.88 Å². The van der Waals surface area contributed by atoms with Crippen LogP contribution in [0.1, 0.15) is 35.0 Å². The van der Waals surface area contributed by atoms with Gasteiger partial charge in [-0.2, -0.15) is 0 Å². The fourth-order valence-corrected chi connectivity index (χ4v) is 2.81. The summed E-state index contributed by atoms with van der Waals surface area (Å²) in [5.41, 5.74) is 2.44. The first-order valence-corrected chi connectivity index (χ1v) is 7.40. The van der Waals surface area contributed by atoms with Crippen LogP contribution in [0.2, 0.25) is 0 Å². The molecule has 3 rings (SSSR count). The number of nitrogens with zero attached hydrogens (tertiary/aromatic N) is 2. The highest BCUT2D eigenvalue weighted by atomic mass is 16.5. The van der Waals surface area contributed by atoms with Gasteiger partial charge in [-0.1, -0.05) is 0 Å². The van der Waals surface area contributed by atoms with E-state index < -0.39 is 0 Å². The standard InChI is InChI=1S/C15H21N3O3/c1-3-18-8-13-12(15(18)19)6-10(14(17-13)20-2)7-16-11-4-5-21-9-11/h6,11,16H,3-5,7-9H2,1-2H3/t11-/m0/s1. The Hall–Kier alpha value is -1.66. The number of pyridine rings is 1. The Morgan fingerprint density at radius 3 is 3.10 bits per heavy atom. The summed E-state index contributed by atoms with van der Waals surface area (Å²) in [7, 11) is 1.62. The topological polar surface area (TPSA) is 63.7 Å². The van der Waals surface area contributed by atoms with Crippen molar-refractivity contribution in [3.05, 3.63) is 22.9 Å². The molecule has 3 heterocycles. The lowest BCUT2D eigenvalue weighted by Gasteiger charge is -2.13. The molecule has 1 N–H and O–H groups in total. The molecule has 6 nitrogen and oxygen atoms in total. The van der Waals surface area contributed by atoms with E-state index in [1.54, 1.807) is 12.0 Å². The van der Waals surface area contributed by atoms with Gasteiger partial charge in [0.15, 0.2) is 0 Å². The number of carbonyl (C=O) groups is 1. The van der Waals surface area contributed by atoms with Crippen LogP contribution in [-0.4, -0.2) is 48.7 Å². The van der Waals surface area contributed by atoms with E-state index in [1.807, 2.05) is 13.0 Å². The van der Waals surface area contributed by atoms with E-state index in [-0.39, 0.29) is 5.91 Å². The summed E-state index contributed by atoms with van der Waals surface area (Å²) >= 11 is 0. The smallest absolute Gasteiger partial charge is 0.256 e. The van der Waals surface area contributed by atoms with Gasteiger partial charge in [0.25, 0.3) is 5.91 Å². The number of hydrogen-bond donors (Lipinski definition) is 1. The Labute approximate surface area is 124 Å². The van der Waals surface area contributed by atoms with Gasteiger partial charge in [-0.15, -0.1) is 0 Å². The summed E-state index contributed by atoms with van der Waals surface area (Å²) in [6, 6.07) is 2.29. The molecule has 0 aromatic carbocycles. The van der Waals surface area contributed by atoms with E-state index in [4.69, 9.17) is 9.47 Å². The second kappa shape index (κ2) is 5.99. The number of ether oxygens (including phenoxy) is 2. The molecule has 0 spiro atoms. The van der Waals surface area contributed by atoms with Crippen LogP contribution in [0.25, 0.3) is 0 Å². The van der Waals surface area contributed by atoms with E-state index in [0.717, 1.165) is 30.9 Å². The molecule has 1 amide bonds. The summed E-state index contributed by atoms with van der Waals surface area (Å²) in [6.07, 6.45) is 1.02. The molecule has 0 bridgehead atoms. The number of fused-ring (bicyclic) bond motifs is 1. The maximum absolute atomic E-state index is 12.2. The summed E-state index contributed by atoms with van der Waals surface area (Å²) in [5.74, 6) is 0.666. The van der Waals surface area contributed by atoms with Crippen molar-refractivity contribution in [2.45, 2.75) is 32.5 Å². The monoisotopic (exact) mass is 291 g/mol. The summed E-state index contributed by atoms with van der Waals surface area (Å²) < 4.78 is 10.7. The molecule has 0 aliphatic carbocycles. The van der Waals surface area contributed by atoms with Crippen LogP contribution in [0.5, 0.6) is 5.88 Å². The Bertz CT molecular complexity index is 541. The fraction of sp³-hybridized carbons (Fsp3) is 0.600. The highest BCUT2D eigenvalue weighted by molar-refractivity contribution is 5.98. The lowest BCUT2D eigenvalue weighted by molar-refractivity contribution is 0.0786. The number of rotatable bonds is 5. The second-order valence-corrected chi connectivity index (χ2v) is 5.41. The first-order valence-electron chi connectivity index (χ1n) is 7.40. The van der Waals surface area contributed by atoms with Gasteiger partial charge in [0, 0.05) is 31.3 Å². The van der Waals surface area contributed by atoms with Gasteiger partial charge in [-0.3, -0.25) is 4.79 Å². The third-order valence-electron chi connectivity index (χ3n) is 4.08. The minimum absolute atomic E-state index is 0.0631. The number of aromatic nitrogens is 1. The SMILES string of the molecule is CCN1Cc2nc(OC)c(CN[C@H]3CCOC3)cc2C1=O. The predicted molar refractivity (Wildman–Crippen MR) is 77.3 cm³/mol. The minimum Gasteiger partial charge on any atom is -0.481 e. The summed E-state index contributed by atoms with van der Waals surface area (Å²) in [6.45, 7) is 5.43. The summed E-state index contributed by atoms with van der Waals surface area (Å²) in [5, 5.41) is 3.43. The number of amides is 1. The van der Waals surface area contributed by atoms with E-state index in [2.05, 4.69) is 10.3 Å². The van der Waals surface area contributed by atoms with Crippen LogP contribution in [0.3, 0.4) is 0 Å². The zero-order valence-electron chi connectivity index (χ0n) is 12.5. The van der Waals surface area contributed by atoms with Gasteiger partial charge in [0.1, 0.15) is 0 Å². The molecular formula is C15H21N3O3. The Kier molecular flexibility index (Phi) is 4.07. The molecule has 114 valence electrons. The molecule has 1 aromatic heterocycles. The van der Waals surface area contributed by atoms with Crippen molar-refractivity contribution in [3.63, 3.8) is 0 Å². The minimum atomic E-state index is 0.0631. The van der Waals surface area contributed by atoms with Crippen LogP contribution in [0.4, 0.5) is 0 Å². The van der Waals surface area contributed by atoms with Gasteiger partial charge >= 0.3 is 0 Å². The number of hydrogen-bond acceptors (Lipinski definition) is 5. The molecular weight excluding hydrogens is 270 g/mol. The third-order valence-corrected chi connectivity index (χ3v) is 4.08. The number of nitrogens with one attached hydrogen (secondary N) is 1. The van der Waals surface area contributed by atoms with Crippen molar-refractivity contribution in [2.75, 3.05) is 26.9 Å². The molecule has 1 saturated heterocycles. The highest BCUT2D eigenvalue weighted by Crippen LogP contribution is 2.27. The first-order chi connectivity index (χ1) is 10.2. The molecule has 2 aliphatic heterocycles. The molecule has 1 atom stereocenters. The van der Waals surface area contributed by atoms with Gasteiger partial charge < -0.3 is 19.7 Å². The maximum Gasteiger partial charge on any atom is 0.256 e. The average Bonchev–Trinajstić information content (AvgIpc) is 3.12. The van der Waals surface area contributed by atoms with Crippen molar-refractivity contribution in [1.29, 1.82) is 0 Å². The molecule has 0 unspecified atom stereocenters. The lowest BCUT2D eigenvalue weighted by Crippen LogP contribution is -2.29. The normalized spacial score (nSPS) is 21.0. The molecule has 1 aromatic rings. The van der Waals surface area contributed by atoms with Crippen LogP contribution >= 0.6 is 0 Å². The van der Waals surface area contributed by atoms with Crippen molar-refractivity contribution in [1.82, 2.24) is 15.2 Å². The van der Waals surface area contributed by atoms with Crippen LogP contribution in [0.15, 0.2) is 6.07 Å². The number of carbonyl (C=O) groups excluding carboxylic acids is 1. The molecule has 2 aliphatic rings. The molecule has 0 saturated carbocycles. The average molecular weight is 291 g/mol. The van der Waals surface area contributed by atoms with Gasteiger partial charge in [0.05, 0.1) is 31.5 Å². The van der Waals surface area contributed by atoms with E-state index in [9.17, 15) is 4.79 Å². The van der Waals surface area contributed by atoms with Crippen molar-refractivity contribution in [2.24, 2.45) is 0 Å². The Morgan fingerprint density at radius 2 is 2.43 bits per heavy atom. The van der Waals surface area contributed by atoms with Crippen LogP contribution in [0, 0.1) is 0 Å². The van der Waals surface area contributed by atoms with Gasteiger partial charge in [-0.25, -0.2) is 4.98 Å². The molecule has 0 radical (unpaired) electrons. The van der Waals surface area contributed by atoms with Crippen molar-refractivity contribution >= 4 is 5.91 Å². The van der Waals surface area contributed by atoms with E-state index in [1.165, 1.54) is 0 Å². The van der Waals surface area contributed by atoms with E-state index in [0.29, 0.717) is 37.1 Å². The Balaban J connectivity index is 1.80. The van der Waals surface area contributed by atoms with Crippen molar-refractivity contribution < 1.29 is 14.3 Å². The third kappa shape index (κ3) is 2.73. The number of methoxy groups -OCH3 is 1. The molecule has 1 fully saturated rings. The van der Waals surface area contributed by atoms with E-state index >= 15 is 0 Å². The summed E-state index contributed by atoms with van der Waals surface area (Å²) in [4.78, 5) is 18.5. The highest BCUT2D eigenvalue weighted by Gasteiger charge is 2.29.